The average molecular weight is 543 g/mol. The number of anilines is 1. The van der Waals surface area contributed by atoms with Crippen LogP contribution in [0.15, 0.2) is 54.6 Å². The summed E-state index contributed by atoms with van der Waals surface area (Å²) in [6, 6.07) is 16.4. The minimum Gasteiger partial charge on any atom is -0.354 e. The Hall–Kier alpha value is -3.81. The van der Waals surface area contributed by atoms with E-state index in [4.69, 9.17) is 15.1 Å². The highest BCUT2D eigenvalue weighted by atomic mass is 19.1. The van der Waals surface area contributed by atoms with E-state index in [0.29, 0.717) is 19.0 Å². The Morgan fingerprint density at radius 1 is 0.975 bits per heavy atom. The molecule has 1 atom stereocenters. The topological polar surface area (TPSA) is 67.2 Å². The highest BCUT2D eigenvalue weighted by Crippen LogP contribution is 2.31. The first-order valence-corrected chi connectivity index (χ1v) is 14.5. The Balaban J connectivity index is 1.47. The van der Waals surface area contributed by atoms with Crippen LogP contribution in [0.1, 0.15) is 63.0 Å². The number of carbonyl (C=O) groups is 1. The Morgan fingerprint density at radius 2 is 1.73 bits per heavy atom. The molecule has 1 aliphatic heterocycles. The van der Waals surface area contributed by atoms with E-state index in [2.05, 4.69) is 25.7 Å². The Bertz CT molecular complexity index is 1450. The number of nitrogens with zero attached hydrogens (tertiary/aromatic N) is 6. The number of hydrogen-bond donors (Lipinski definition) is 0. The van der Waals surface area contributed by atoms with Crippen molar-refractivity contribution in [2.24, 2.45) is 5.92 Å². The number of halogens is 1. The van der Waals surface area contributed by atoms with E-state index in [1.807, 2.05) is 42.2 Å². The van der Waals surface area contributed by atoms with Crippen LogP contribution < -0.4 is 4.90 Å². The van der Waals surface area contributed by atoms with Gasteiger partial charge in [-0.2, -0.15) is 5.10 Å². The highest BCUT2D eigenvalue weighted by Gasteiger charge is 2.28. The molecule has 2 aromatic heterocycles. The lowest BCUT2D eigenvalue weighted by molar-refractivity contribution is -0.132. The van der Waals surface area contributed by atoms with Crippen molar-refractivity contribution in [1.29, 1.82) is 0 Å². The van der Waals surface area contributed by atoms with Crippen LogP contribution in [0.5, 0.6) is 0 Å². The molecule has 5 rings (SSSR count). The smallest absolute Gasteiger partial charge is 0.230 e. The summed E-state index contributed by atoms with van der Waals surface area (Å²) in [5.74, 6) is 1.97. The van der Waals surface area contributed by atoms with Gasteiger partial charge in [0.25, 0.3) is 0 Å². The van der Waals surface area contributed by atoms with Crippen LogP contribution in [0.25, 0.3) is 16.7 Å². The summed E-state index contributed by atoms with van der Waals surface area (Å²) in [4.78, 5) is 28.0. The molecule has 1 fully saturated rings. The zero-order valence-corrected chi connectivity index (χ0v) is 24.0. The largest absolute Gasteiger partial charge is 0.354 e. The third kappa shape index (κ3) is 5.86. The third-order valence-corrected chi connectivity index (χ3v) is 7.76. The van der Waals surface area contributed by atoms with Crippen molar-refractivity contribution in [2.75, 3.05) is 31.1 Å². The number of hydrogen-bond acceptors (Lipinski definition) is 5. The summed E-state index contributed by atoms with van der Waals surface area (Å²) in [5.41, 5.74) is 3.41. The van der Waals surface area contributed by atoms with Crippen LogP contribution in [0, 0.1) is 18.7 Å². The summed E-state index contributed by atoms with van der Waals surface area (Å²) in [5, 5.41) is 5.73. The van der Waals surface area contributed by atoms with Crippen molar-refractivity contribution < 1.29 is 9.18 Å². The Morgan fingerprint density at radius 3 is 2.42 bits per heavy atom. The van der Waals surface area contributed by atoms with Gasteiger partial charge in [0.15, 0.2) is 5.65 Å². The standard InChI is InChI=1S/C32H39FN6O/c1-5-27(24-10-7-6-8-11-24)32(40)38-19-9-18-37(20-21-38)30-29-23(4)36-39(26-15-13-25(33)14-16-26)31(29)35-28(34-30)17-12-22(2)3/h6-8,10-11,13-16,22,27H,5,9,12,17-21H2,1-4H3/t27-/m1/s1. The fourth-order valence-corrected chi connectivity index (χ4v) is 5.53. The number of aryl methyl sites for hydroxylation is 2. The van der Waals surface area contributed by atoms with E-state index < -0.39 is 0 Å². The Kier molecular flexibility index (Phi) is 8.43. The summed E-state index contributed by atoms with van der Waals surface area (Å²) in [7, 11) is 0. The van der Waals surface area contributed by atoms with Gasteiger partial charge in [-0.15, -0.1) is 0 Å². The lowest BCUT2D eigenvalue weighted by Gasteiger charge is -2.27. The molecule has 210 valence electrons. The number of fused-ring (bicyclic) bond motifs is 1. The minimum atomic E-state index is -0.286. The molecule has 4 aromatic rings. The molecule has 1 amide bonds. The summed E-state index contributed by atoms with van der Waals surface area (Å²) in [6.07, 6.45) is 3.38. The predicted octanol–water partition coefficient (Wildman–Crippen LogP) is 6.08. The van der Waals surface area contributed by atoms with Crippen molar-refractivity contribution in [3.63, 3.8) is 0 Å². The molecular weight excluding hydrogens is 503 g/mol. The molecule has 1 aliphatic rings. The zero-order chi connectivity index (χ0) is 28.2. The normalized spacial score (nSPS) is 15.1. The van der Waals surface area contributed by atoms with Gasteiger partial charge in [0.1, 0.15) is 17.5 Å². The van der Waals surface area contributed by atoms with Crippen molar-refractivity contribution in [2.45, 2.75) is 59.3 Å². The number of benzene rings is 2. The van der Waals surface area contributed by atoms with E-state index in [1.165, 1.54) is 12.1 Å². The predicted molar refractivity (Wildman–Crippen MR) is 157 cm³/mol. The lowest BCUT2D eigenvalue weighted by Crippen LogP contribution is -2.38. The number of amides is 1. The van der Waals surface area contributed by atoms with Gasteiger partial charge >= 0.3 is 0 Å². The molecular formula is C32H39FN6O. The molecule has 2 aromatic carbocycles. The molecule has 0 saturated carbocycles. The van der Waals surface area contributed by atoms with Gasteiger partial charge in [-0.3, -0.25) is 4.79 Å². The van der Waals surface area contributed by atoms with Crippen LogP contribution in [0.2, 0.25) is 0 Å². The third-order valence-electron chi connectivity index (χ3n) is 7.76. The van der Waals surface area contributed by atoms with Crippen molar-refractivity contribution in [1.82, 2.24) is 24.6 Å². The molecule has 40 heavy (non-hydrogen) atoms. The van der Waals surface area contributed by atoms with E-state index in [1.54, 1.807) is 16.8 Å². The molecule has 0 N–H and O–H groups in total. The second-order valence-corrected chi connectivity index (χ2v) is 11.1. The first-order valence-electron chi connectivity index (χ1n) is 14.5. The van der Waals surface area contributed by atoms with Crippen LogP contribution in [-0.4, -0.2) is 56.7 Å². The minimum absolute atomic E-state index is 0.127. The molecule has 0 unspecified atom stereocenters. The second kappa shape index (κ2) is 12.1. The van der Waals surface area contributed by atoms with E-state index >= 15 is 0 Å². The first-order chi connectivity index (χ1) is 19.4. The average Bonchev–Trinajstić information content (AvgIpc) is 3.12. The van der Waals surface area contributed by atoms with Crippen LogP contribution in [0.4, 0.5) is 10.2 Å². The van der Waals surface area contributed by atoms with Gasteiger partial charge in [-0.25, -0.2) is 19.0 Å². The fraction of sp³-hybridized carbons (Fsp3) is 0.438. The van der Waals surface area contributed by atoms with Crippen LogP contribution >= 0.6 is 0 Å². The van der Waals surface area contributed by atoms with Crippen molar-refractivity contribution >= 4 is 22.8 Å². The quantitative estimate of drug-likeness (QED) is 0.270. The highest BCUT2D eigenvalue weighted by molar-refractivity contribution is 5.91. The van der Waals surface area contributed by atoms with Crippen LogP contribution in [-0.2, 0) is 11.2 Å². The lowest BCUT2D eigenvalue weighted by atomic mass is 9.95. The van der Waals surface area contributed by atoms with E-state index in [0.717, 1.165) is 78.4 Å². The molecule has 8 heteroatoms. The zero-order valence-electron chi connectivity index (χ0n) is 24.0. The van der Waals surface area contributed by atoms with E-state index in [-0.39, 0.29) is 17.6 Å². The van der Waals surface area contributed by atoms with Crippen molar-refractivity contribution in [3.8, 4) is 5.69 Å². The maximum Gasteiger partial charge on any atom is 0.230 e. The maximum absolute atomic E-state index is 13.7. The summed E-state index contributed by atoms with van der Waals surface area (Å²) in [6.45, 7) is 11.3. The molecule has 7 nitrogen and oxygen atoms in total. The number of rotatable bonds is 8. The summed E-state index contributed by atoms with van der Waals surface area (Å²) < 4.78 is 15.5. The molecule has 0 spiro atoms. The molecule has 0 aliphatic carbocycles. The first kappa shape index (κ1) is 27.7. The fourth-order valence-electron chi connectivity index (χ4n) is 5.53. The molecule has 1 saturated heterocycles. The maximum atomic E-state index is 13.7. The monoisotopic (exact) mass is 542 g/mol. The molecule has 3 heterocycles. The molecule has 0 bridgehead atoms. The summed E-state index contributed by atoms with van der Waals surface area (Å²) >= 11 is 0. The number of carbonyl (C=O) groups excluding carboxylic acids is 1. The molecule has 0 radical (unpaired) electrons. The van der Waals surface area contributed by atoms with Crippen molar-refractivity contribution in [3.05, 3.63) is 77.5 Å². The van der Waals surface area contributed by atoms with Gasteiger partial charge in [-0.05, 0) is 61.9 Å². The number of aromatic nitrogens is 4. The van der Waals surface area contributed by atoms with Gasteiger partial charge in [0, 0.05) is 32.6 Å². The van der Waals surface area contributed by atoms with E-state index in [9.17, 15) is 9.18 Å². The van der Waals surface area contributed by atoms with Crippen LogP contribution in [0.3, 0.4) is 0 Å². The Labute approximate surface area is 236 Å². The van der Waals surface area contributed by atoms with Gasteiger partial charge < -0.3 is 9.80 Å². The SMILES string of the molecule is CC[C@@H](C(=O)N1CCCN(c2nc(CCC(C)C)nc3c2c(C)nn3-c2ccc(F)cc2)CC1)c1ccccc1. The van der Waals surface area contributed by atoms with Gasteiger partial charge in [0.2, 0.25) is 5.91 Å². The van der Waals surface area contributed by atoms with Gasteiger partial charge in [0.05, 0.1) is 22.7 Å². The second-order valence-electron chi connectivity index (χ2n) is 11.1. The van der Waals surface area contributed by atoms with Gasteiger partial charge in [-0.1, -0.05) is 51.1 Å².